The number of para-hydroxylation sites is 1. The number of hydrogen-bond donors (Lipinski definition) is 1. The molecule has 164 valence electrons. The molecule has 0 radical (unpaired) electrons. The smallest absolute Gasteiger partial charge is 0.205 e. The molecule has 0 fully saturated rings. The van der Waals surface area contributed by atoms with Crippen LogP contribution in [0.2, 0.25) is 0 Å². The monoisotopic (exact) mass is 436 g/mol. The van der Waals surface area contributed by atoms with Crippen molar-refractivity contribution in [3.05, 3.63) is 95.2 Å². The average Bonchev–Trinajstić information content (AvgIpc) is 3.24. The van der Waals surface area contributed by atoms with Gasteiger partial charge in [0.15, 0.2) is 5.78 Å². The van der Waals surface area contributed by atoms with Crippen LogP contribution in [0.15, 0.2) is 89.6 Å². The Bertz CT molecular complexity index is 1340. The van der Waals surface area contributed by atoms with E-state index in [0.29, 0.717) is 29.9 Å². The molecule has 6 nitrogen and oxygen atoms in total. The van der Waals surface area contributed by atoms with Crippen LogP contribution in [0.3, 0.4) is 0 Å². The Kier molecular flexibility index (Phi) is 4.90. The standard InChI is InChI=1S/C27H24N4O2/c1-27(2)13-21(32)24-22(14-27)33-26(29)19(15-28)23(24)20-16-31(18-11-7-4-8-12-18)30-25(20)17-9-5-3-6-10-17/h3-12,16,23H,13-14,29H2,1-2H3/t23-/m1/s1. The first kappa shape index (κ1) is 20.8. The first-order valence-electron chi connectivity index (χ1n) is 10.9. The van der Waals surface area contributed by atoms with E-state index in [4.69, 9.17) is 15.6 Å². The van der Waals surface area contributed by atoms with Crippen molar-refractivity contribution in [3.63, 3.8) is 0 Å². The SMILES string of the molecule is CC1(C)CC(=O)C2=C(C1)OC(N)=C(C#N)[C@@H]2c1cn(-c2ccccc2)nc1-c1ccccc1. The van der Waals surface area contributed by atoms with Crippen LogP contribution >= 0.6 is 0 Å². The molecule has 5 rings (SSSR count). The van der Waals surface area contributed by atoms with Gasteiger partial charge in [0.1, 0.15) is 17.4 Å². The first-order valence-corrected chi connectivity index (χ1v) is 10.9. The van der Waals surface area contributed by atoms with Crippen LogP contribution in [0.1, 0.15) is 38.2 Å². The Morgan fingerprint density at radius 1 is 1.09 bits per heavy atom. The number of nitrogens with zero attached hydrogens (tertiary/aromatic N) is 3. The molecule has 2 heterocycles. The van der Waals surface area contributed by atoms with Crippen molar-refractivity contribution in [3.8, 4) is 23.0 Å². The van der Waals surface area contributed by atoms with Crippen LogP contribution in [-0.4, -0.2) is 15.6 Å². The summed E-state index contributed by atoms with van der Waals surface area (Å²) in [6, 6.07) is 21.7. The maximum atomic E-state index is 13.4. The maximum Gasteiger partial charge on any atom is 0.205 e. The van der Waals surface area contributed by atoms with Crippen molar-refractivity contribution in [1.82, 2.24) is 9.78 Å². The van der Waals surface area contributed by atoms with Gasteiger partial charge in [-0.1, -0.05) is 62.4 Å². The summed E-state index contributed by atoms with van der Waals surface area (Å²) < 4.78 is 7.64. The summed E-state index contributed by atoms with van der Waals surface area (Å²) in [6.07, 6.45) is 2.87. The molecule has 3 aromatic rings. The lowest BCUT2D eigenvalue weighted by atomic mass is 9.70. The van der Waals surface area contributed by atoms with Crippen molar-refractivity contribution in [2.45, 2.75) is 32.6 Å². The number of ether oxygens (including phenoxy) is 1. The van der Waals surface area contributed by atoms with E-state index in [1.807, 2.05) is 80.7 Å². The zero-order valence-electron chi connectivity index (χ0n) is 18.6. The van der Waals surface area contributed by atoms with Crippen LogP contribution in [-0.2, 0) is 9.53 Å². The van der Waals surface area contributed by atoms with Crippen molar-refractivity contribution >= 4 is 5.78 Å². The third-order valence-corrected chi connectivity index (χ3v) is 6.20. The molecule has 0 bridgehead atoms. The normalized spacial score (nSPS) is 19.7. The molecule has 1 atom stereocenters. The number of carbonyl (C=O) groups excluding carboxylic acids is 1. The third-order valence-electron chi connectivity index (χ3n) is 6.20. The summed E-state index contributed by atoms with van der Waals surface area (Å²) >= 11 is 0. The van der Waals surface area contributed by atoms with Gasteiger partial charge in [-0.15, -0.1) is 0 Å². The molecule has 1 aliphatic heterocycles. The van der Waals surface area contributed by atoms with Crippen LogP contribution in [0.25, 0.3) is 16.9 Å². The molecule has 33 heavy (non-hydrogen) atoms. The van der Waals surface area contributed by atoms with Gasteiger partial charge in [0.25, 0.3) is 0 Å². The van der Waals surface area contributed by atoms with Gasteiger partial charge in [-0.05, 0) is 17.5 Å². The molecule has 2 aromatic carbocycles. The van der Waals surface area contributed by atoms with E-state index < -0.39 is 5.92 Å². The number of nitriles is 1. The number of rotatable bonds is 3. The van der Waals surface area contributed by atoms with E-state index in [-0.39, 0.29) is 22.7 Å². The molecule has 6 heteroatoms. The minimum absolute atomic E-state index is 0.0158. The average molecular weight is 437 g/mol. The first-order chi connectivity index (χ1) is 15.9. The van der Waals surface area contributed by atoms with Crippen molar-refractivity contribution < 1.29 is 9.53 Å². The number of nitrogens with two attached hydrogens (primary N) is 1. The second kappa shape index (κ2) is 7.79. The molecular weight excluding hydrogens is 412 g/mol. The largest absolute Gasteiger partial charge is 0.444 e. The molecule has 0 saturated carbocycles. The fraction of sp³-hybridized carbons (Fsp3) is 0.222. The Labute approximate surface area is 192 Å². The molecule has 1 aliphatic carbocycles. The molecule has 2 N–H and O–H groups in total. The van der Waals surface area contributed by atoms with Crippen LogP contribution in [0.4, 0.5) is 0 Å². The highest BCUT2D eigenvalue weighted by atomic mass is 16.5. The van der Waals surface area contributed by atoms with Crippen LogP contribution < -0.4 is 5.73 Å². The molecule has 0 amide bonds. The van der Waals surface area contributed by atoms with Crippen LogP contribution in [0, 0.1) is 16.7 Å². The van der Waals surface area contributed by atoms with E-state index in [1.165, 1.54) is 0 Å². The summed E-state index contributed by atoms with van der Waals surface area (Å²) in [7, 11) is 0. The minimum Gasteiger partial charge on any atom is -0.444 e. The highest BCUT2D eigenvalue weighted by Crippen LogP contribution is 2.49. The fourth-order valence-corrected chi connectivity index (χ4v) is 4.73. The second-order valence-electron chi connectivity index (χ2n) is 9.28. The highest BCUT2D eigenvalue weighted by Gasteiger charge is 2.44. The van der Waals surface area contributed by atoms with Crippen molar-refractivity contribution in [1.29, 1.82) is 5.26 Å². The Balaban J connectivity index is 1.76. The summed E-state index contributed by atoms with van der Waals surface area (Å²) in [5.41, 5.74) is 10.00. The molecule has 0 spiro atoms. The Morgan fingerprint density at radius 2 is 1.76 bits per heavy atom. The fourth-order valence-electron chi connectivity index (χ4n) is 4.73. The molecule has 1 aromatic heterocycles. The van der Waals surface area contributed by atoms with E-state index in [1.54, 1.807) is 4.68 Å². The predicted molar refractivity (Wildman–Crippen MR) is 125 cm³/mol. The third kappa shape index (κ3) is 3.62. The second-order valence-corrected chi connectivity index (χ2v) is 9.28. The van der Waals surface area contributed by atoms with E-state index >= 15 is 0 Å². The summed E-state index contributed by atoms with van der Waals surface area (Å²) in [5, 5.41) is 14.9. The quantitative estimate of drug-likeness (QED) is 0.624. The lowest BCUT2D eigenvalue weighted by Crippen LogP contribution is -2.33. The number of ketones is 1. The van der Waals surface area contributed by atoms with Gasteiger partial charge in [0.05, 0.1) is 17.3 Å². The Hall–Kier alpha value is -4.11. The predicted octanol–water partition coefficient (Wildman–Crippen LogP) is 4.99. The topological polar surface area (TPSA) is 93.9 Å². The zero-order chi connectivity index (χ0) is 23.2. The lowest BCUT2D eigenvalue weighted by Gasteiger charge is -2.37. The van der Waals surface area contributed by atoms with Crippen molar-refractivity contribution in [2.24, 2.45) is 11.1 Å². The number of benzene rings is 2. The number of Topliss-reactive ketones (excluding diaryl/α,β-unsaturated/α-hetero) is 1. The van der Waals surface area contributed by atoms with Gasteiger partial charge in [0.2, 0.25) is 5.88 Å². The van der Waals surface area contributed by atoms with Crippen LogP contribution in [0.5, 0.6) is 0 Å². The van der Waals surface area contributed by atoms with Gasteiger partial charge in [-0.3, -0.25) is 4.79 Å². The lowest BCUT2D eigenvalue weighted by molar-refractivity contribution is -0.119. The molecular formula is C27H24N4O2. The summed E-state index contributed by atoms with van der Waals surface area (Å²) in [4.78, 5) is 13.4. The minimum atomic E-state index is -0.630. The number of hydrogen-bond acceptors (Lipinski definition) is 5. The van der Waals surface area contributed by atoms with E-state index in [0.717, 1.165) is 16.8 Å². The Morgan fingerprint density at radius 3 is 2.42 bits per heavy atom. The summed E-state index contributed by atoms with van der Waals surface area (Å²) in [5.74, 6) is -0.0320. The zero-order valence-corrected chi connectivity index (χ0v) is 18.6. The molecule has 0 saturated heterocycles. The van der Waals surface area contributed by atoms with Gasteiger partial charge in [-0.2, -0.15) is 10.4 Å². The van der Waals surface area contributed by atoms with E-state index in [2.05, 4.69) is 6.07 Å². The van der Waals surface area contributed by atoms with Gasteiger partial charge >= 0.3 is 0 Å². The number of allylic oxidation sites excluding steroid dienone is 3. The molecule has 2 aliphatic rings. The summed E-state index contributed by atoms with van der Waals surface area (Å²) in [6.45, 7) is 4.07. The van der Waals surface area contributed by atoms with Gasteiger partial charge < -0.3 is 10.5 Å². The van der Waals surface area contributed by atoms with E-state index in [9.17, 15) is 10.1 Å². The molecule has 0 unspecified atom stereocenters. The van der Waals surface area contributed by atoms with Gasteiger partial charge in [-0.25, -0.2) is 4.68 Å². The van der Waals surface area contributed by atoms with Gasteiger partial charge in [0, 0.05) is 35.7 Å². The number of carbonyl (C=O) groups is 1. The number of aromatic nitrogens is 2. The van der Waals surface area contributed by atoms with Crippen molar-refractivity contribution in [2.75, 3.05) is 0 Å². The highest BCUT2D eigenvalue weighted by molar-refractivity contribution is 6.00. The maximum absolute atomic E-state index is 13.4.